The smallest absolute Gasteiger partial charge is 0.336 e. The van der Waals surface area contributed by atoms with Crippen LogP contribution in [0.5, 0.6) is 0 Å². The number of benzene rings is 1. The largest absolute Gasteiger partial charge is 0.351 e. The summed E-state index contributed by atoms with van der Waals surface area (Å²) in [4.78, 5) is 42.4. The lowest BCUT2D eigenvalue weighted by molar-refractivity contribution is 0.0633. The molecular formula is C27H43N5O3. The molecule has 1 aromatic heterocycles. The van der Waals surface area contributed by atoms with Gasteiger partial charge in [0.15, 0.2) is 0 Å². The first-order valence-corrected chi connectivity index (χ1v) is 13.2. The average molecular weight is 486 g/mol. The van der Waals surface area contributed by atoms with E-state index in [2.05, 4.69) is 44.8 Å². The van der Waals surface area contributed by atoms with Crippen molar-refractivity contribution in [2.24, 2.45) is 29.4 Å². The second kappa shape index (κ2) is 12.0. The number of nitrogens with zero attached hydrogens (tertiary/aromatic N) is 3. The van der Waals surface area contributed by atoms with Crippen LogP contribution >= 0.6 is 0 Å². The van der Waals surface area contributed by atoms with Gasteiger partial charge in [-0.1, -0.05) is 41.0 Å². The van der Waals surface area contributed by atoms with Gasteiger partial charge in [-0.2, -0.15) is 0 Å². The highest BCUT2D eigenvalue weighted by Gasteiger charge is 2.37. The monoisotopic (exact) mass is 485 g/mol. The summed E-state index contributed by atoms with van der Waals surface area (Å²) in [6.07, 6.45) is 2.91. The van der Waals surface area contributed by atoms with Crippen molar-refractivity contribution in [3.63, 3.8) is 0 Å². The Hall–Kier alpha value is -2.45. The van der Waals surface area contributed by atoms with Gasteiger partial charge in [0.2, 0.25) is 5.91 Å². The molecule has 0 radical (unpaired) electrons. The number of aromatic nitrogens is 2. The molecule has 1 heterocycles. The lowest BCUT2D eigenvalue weighted by atomic mass is 9.69. The first-order chi connectivity index (χ1) is 16.7. The maximum atomic E-state index is 13.8. The number of likely N-dealkylation sites (N-methyl/N-ethyl adjacent to an activating group) is 1. The number of rotatable bonds is 10. The molecule has 1 fully saturated rings. The van der Waals surface area contributed by atoms with Crippen molar-refractivity contribution in [2.45, 2.75) is 60.4 Å². The van der Waals surface area contributed by atoms with Crippen LogP contribution in [-0.4, -0.2) is 58.6 Å². The summed E-state index contributed by atoms with van der Waals surface area (Å²) in [6, 6.07) is 5.15. The predicted octanol–water partition coefficient (Wildman–Crippen LogP) is 3.18. The van der Waals surface area contributed by atoms with Gasteiger partial charge in [-0.15, -0.1) is 0 Å². The van der Waals surface area contributed by atoms with Gasteiger partial charge in [0, 0.05) is 37.7 Å². The Morgan fingerprint density at radius 3 is 2.51 bits per heavy atom. The Labute approximate surface area is 208 Å². The summed E-state index contributed by atoms with van der Waals surface area (Å²) in [5, 5.41) is 2.97. The van der Waals surface area contributed by atoms with Crippen LogP contribution in [0.15, 0.2) is 23.0 Å². The fraction of sp³-hybridized carbons (Fsp3) is 0.667. The molecule has 3 atom stereocenters. The van der Waals surface area contributed by atoms with Crippen LogP contribution in [0.4, 0.5) is 0 Å². The molecule has 1 saturated carbocycles. The number of hydrogen-bond acceptors (Lipinski definition) is 5. The van der Waals surface area contributed by atoms with E-state index in [1.807, 2.05) is 0 Å². The summed E-state index contributed by atoms with van der Waals surface area (Å²) in [5.74, 6) is 0.587. The molecule has 8 nitrogen and oxygen atoms in total. The van der Waals surface area contributed by atoms with Crippen LogP contribution < -0.4 is 16.7 Å². The third kappa shape index (κ3) is 5.86. The zero-order chi connectivity index (χ0) is 25.7. The Morgan fingerprint density at radius 1 is 1.17 bits per heavy atom. The van der Waals surface area contributed by atoms with Crippen molar-refractivity contribution in [1.29, 1.82) is 0 Å². The summed E-state index contributed by atoms with van der Waals surface area (Å²) in [7, 11) is 0. The van der Waals surface area contributed by atoms with Gasteiger partial charge >= 0.3 is 5.69 Å². The third-order valence-electron chi connectivity index (χ3n) is 7.71. The summed E-state index contributed by atoms with van der Waals surface area (Å²) in [5.41, 5.74) is 7.04. The highest BCUT2D eigenvalue weighted by atomic mass is 16.2. The minimum Gasteiger partial charge on any atom is -0.351 e. The molecule has 1 amide bonds. The van der Waals surface area contributed by atoms with E-state index in [1.54, 1.807) is 18.2 Å². The second-order valence-electron chi connectivity index (χ2n) is 10.3. The lowest BCUT2D eigenvalue weighted by Gasteiger charge is -2.36. The Bertz CT molecular complexity index is 1080. The number of nitrogens with two attached hydrogens (primary N) is 1. The third-order valence-corrected chi connectivity index (χ3v) is 7.71. The summed E-state index contributed by atoms with van der Waals surface area (Å²) in [6.45, 7) is 14.4. The average Bonchev–Trinajstić information content (AvgIpc) is 3.11. The van der Waals surface area contributed by atoms with Gasteiger partial charge in [0.1, 0.15) is 0 Å². The number of hydrogen-bond donors (Lipinski definition) is 2. The summed E-state index contributed by atoms with van der Waals surface area (Å²) < 4.78 is 2.88. The molecule has 35 heavy (non-hydrogen) atoms. The predicted molar refractivity (Wildman–Crippen MR) is 141 cm³/mol. The first kappa shape index (κ1) is 27.1. The van der Waals surface area contributed by atoms with Gasteiger partial charge in [-0.25, -0.2) is 9.36 Å². The molecule has 1 aromatic carbocycles. The number of amides is 1. The quantitative estimate of drug-likeness (QED) is 0.538. The first-order valence-electron chi connectivity index (χ1n) is 13.2. The zero-order valence-electron chi connectivity index (χ0n) is 22.0. The zero-order valence-corrected chi connectivity index (χ0v) is 22.0. The molecule has 0 aliphatic heterocycles. The fourth-order valence-corrected chi connectivity index (χ4v) is 5.58. The van der Waals surface area contributed by atoms with Gasteiger partial charge in [0.25, 0.3) is 5.91 Å². The maximum absolute atomic E-state index is 13.8. The van der Waals surface area contributed by atoms with Crippen LogP contribution in [0.2, 0.25) is 0 Å². The number of imidazole rings is 1. The van der Waals surface area contributed by atoms with E-state index in [0.29, 0.717) is 35.0 Å². The Kier molecular flexibility index (Phi) is 9.30. The van der Waals surface area contributed by atoms with Crippen molar-refractivity contribution >= 4 is 22.8 Å². The molecule has 3 rings (SSSR count). The topological polar surface area (TPSA) is 102 Å². The molecule has 1 unspecified atom stereocenters. The van der Waals surface area contributed by atoms with E-state index in [-0.39, 0.29) is 42.4 Å². The second-order valence-corrected chi connectivity index (χ2v) is 10.3. The molecule has 2 aromatic rings. The molecule has 3 N–H and O–H groups in total. The minimum absolute atomic E-state index is 0.127. The fourth-order valence-electron chi connectivity index (χ4n) is 5.58. The number of carbonyl (C=O) groups excluding carboxylic acids is 2. The van der Waals surface area contributed by atoms with Crippen molar-refractivity contribution in [3.8, 4) is 0 Å². The van der Waals surface area contributed by atoms with E-state index < -0.39 is 0 Å². The highest BCUT2D eigenvalue weighted by Crippen LogP contribution is 2.39. The molecule has 8 heteroatoms. The lowest BCUT2D eigenvalue weighted by Crippen LogP contribution is -2.40. The molecule has 1 aliphatic carbocycles. The van der Waals surface area contributed by atoms with Crippen LogP contribution in [-0.2, 0) is 6.54 Å². The van der Waals surface area contributed by atoms with E-state index in [4.69, 9.17) is 5.73 Å². The van der Waals surface area contributed by atoms with Gasteiger partial charge < -0.3 is 16.0 Å². The minimum atomic E-state index is -0.365. The standard InChI is InChI=1S/C27H43N5O3/c1-6-30(7-2)15-13-29-25(33)20-9-11-23-24(17-20)31(14-12-28)27(35)32(23)26(34)22-16-19(5)8-10-21(22)18(3)4/h9,11,17-19,21-22H,6-8,10,12-16,28H2,1-5H3,(H,29,33)/t19-,21+,22?/m1/s1. The molecule has 194 valence electrons. The normalized spacial score (nSPS) is 20.6. The van der Waals surface area contributed by atoms with E-state index in [9.17, 15) is 14.4 Å². The van der Waals surface area contributed by atoms with E-state index in [1.165, 1.54) is 9.13 Å². The summed E-state index contributed by atoms with van der Waals surface area (Å²) >= 11 is 0. The van der Waals surface area contributed by atoms with Crippen molar-refractivity contribution in [2.75, 3.05) is 32.7 Å². The number of nitrogens with one attached hydrogen (secondary N) is 1. The highest BCUT2D eigenvalue weighted by molar-refractivity contribution is 5.99. The Balaban J connectivity index is 1.95. The van der Waals surface area contributed by atoms with Crippen molar-refractivity contribution in [3.05, 3.63) is 34.2 Å². The molecule has 0 spiro atoms. The van der Waals surface area contributed by atoms with E-state index in [0.717, 1.165) is 38.9 Å². The molecule has 0 bridgehead atoms. The Morgan fingerprint density at radius 2 is 1.89 bits per heavy atom. The van der Waals surface area contributed by atoms with E-state index >= 15 is 0 Å². The van der Waals surface area contributed by atoms with Crippen molar-refractivity contribution < 1.29 is 9.59 Å². The van der Waals surface area contributed by atoms with Gasteiger partial charge in [-0.05, 0) is 61.9 Å². The molecular weight excluding hydrogens is 442 g/mol. The van der Waals surface area contributed by atoms with Crippen LogP contribution in [0.3, 0.4) is 0 Å². The number of fused-ring (bicyclic) bond motifs is 1. The SMILES string of the molecule is CCN(CC)CCNC(=O)c1ccc2c(c1)n(CCN)c(=O)n2C(=O)C1C[C@H](C)CC[C@H]1C(C)C. The molecule has 0 saturated heterocycles. The van der Waals surface area contributed by atoms with Crippen LogP contribution in [0.1, 0.15) is 69.0 Å². The van der Waals surface area contributed by atoms with Crippen LogP contribution in [0.25, 0.3) is 11.0 Å². The van der Waals surface area contributed by atoms with Crippen LogP contribution in [0, 0.1) is 23.7 Å². The van der Waals surface area contributed by atoms with Gasteiger partial charge in [-0.3, -0.25) is 14.2 Å². The maximum Gasteiger partial charge on any atom is 0.336 e. The number of carbonyl (C=O) groups is 2. The molecule has 1 aliphatic rings. The van der Waals surface area contributed by atoms with Crippen molar-refractivity contribution in [1.82, 2.24) is 19.4 Å². The van der Waals surface area contributed by atoms with Gasteiger partial charge in [0.05, 0.1) is 11.0 Å².